The van der Waals surface area contributed by atoms with Crippen LogP contribution in [0.5, 0.6) is 5.75 Å². The van der Waals surface area contributed by atoms with Crippen LogP contribution in [0.4, 0.5) is 14.5 Å². The summed E-state index contributed by atoms with van der Waals surface area (Å²) in [6, 6.07) is 2.30. The van der Waals surface area contributed by atoms with Gasteiger partial charge in [0.1, 0.15) is 0 Å². The molecule has 2 N–H and O–H groups in total. The molecule has 2 nitrogen and oxygen atoms in total. The van der Waals surface area contributed by atoms with Gasteiger partial charge in [0.15, 0.2) is 11.6 Å². The Morgan fingerprint density at radius 1 is 1.36 bits per heavy atom. The summed E-state index contributed by atoms with van der Waals surface area (Å²) in [5, 5.41) is 0. The van der Waals surface area contributed by atoms with Crippen LogP contribution in [0.2, 0.25) is 0 Å². The van der Waals surface area contributed by atoms with E-state index >= 15 is 0 Å². The van der Waals surface area contributed by atoms with E-state index in [1.807, 2.05) is 0 Å². The van der Waals surface area contributed by atoms with Crippen molar-refractivity contribution in [2.75, 3.05) is 12.3 Å². The van der Waals surface area contributed by atoms with Crippen molar-refractivity contribution in [3.63, 3.8) is 0 Å². The molecule has 0 heterocycles. The molecule has 0 unspecified atom stereocenters. The average Bonchev–Trinajstić information content (AvgIpc) is 2.95. The van der Waals surface area contributed by atoms with Crippen molar-refractivity contribution in [2.45, 2.75) is 12.8 Å². The predicted molar refractivity (Wildman–Crippen MR) is 49.0 cm³/mol. The zero-order valence-electron chi connectivity index (χ0n) is 7.59. The van der Waals surface area contributed by atoms with Crippen molar-refractivity contribution < 1.29 is 13.5 Å². The number of nitrogen functional groups attached to an aromatic ring is 1. The lowest BCUT2D eigenvalue weighted by molar-refractivity contribution is 0.282. The van der Waals surface area contributed by atoms with Gasteiger partial charge in [0, 0.05) is 0 Å². The number of benzene rings is 1. The van der Waals surface area contributed by atoms with E-state index in [0.717, 1.165) is 18.9 Å². The van der Waals surface area contributed by atoms with Gasteiger partial charge >= 0.3 is 0 Å². The van der Waals surface area contributed by atoms with Crippen LogP contribution in [0.15, 0.2) is 12.1 Å². The summed E-state index contributed by atoms with van der Waals surface area (Å²) in [4.78, 5) is 0. The van der Waals surface area contributed by atoms with Crippen LogP contribution in [0.25, 0.3) is 0 Å². The minimum Gasteiger partial charge on any atom is -0.488 e. The van der Waals surface area contributed by atoms with Crippen LogP contribution in [-0.2, 0) is 0 Å². The molecule has 0 bridgehead atoms. The number of halogens is 2. The lowest BCUT2D eigenvalue weighted by atomic mass is 10.2. The highest BCUT2D eigenvalue weighted by Gasteiger charge is 2.23. The summed E-state index contributed by atoms with van der Waals surface area (Å²) in [7, 11) is 0. The number of anilines is 1. The van der Waals surface area contributed by atoms with Gasteiger partial charge in [0.05, 0.1) is 12.3 Å². The van der Waals surface area contributed by atoms with Crippen molar-refractivity contribution >= 4 is 5.69 Å². The van der Waals surface area contributed by atoms with Crippen molar-refractivity contribution in [1.29, 1.82) is 0 Å². The van der Waals surface area contributed by atoms with E-state index in [-0.39, 0.29) is 11.4 Å². The molecule has 0 spiro atoms. The maximum atomic E-state index is 13.2. The number of ether oxygens (including phenoxy) is 1. The average molecular weight is 199 g/mol. The van der Waals surface area contributed by atoms with Crippen molar-refractivity contribution in [3.8, 4) is 5.75 Å². The second kappa shape index (κ2) is 3.44. The second-order valence-electron chi connectivity index (χ2n) is 3.53. The fourth-order valence-electron chi connectivity index (χ4n) is 1.18. The highest BCUT2D eigenvalue weighted by Crippen LogP contribution is 2.32. The predicted octanol–water partition coefficient (Wildman–Crippen LogP) is 2.34. The van der Waals surface area contributed by atoms with Crippen LogP contribution in [0.1, 0.15) is 12.8 Å². The van der Waals surface area contributed by atoms with Gasteiger partial charge in [-0.3, -0.25) is 0 Å². The van der Waals surface area contributed by atoms with Crippen molar-refractivity contribution in [2.24, 2.45) is 5.92 Å². The Hall–Kier alpha value is -1.32. The molecule has 1 aromatic rings. The third kappa shape index (κ3) is 1.78. The normalized spacial score (nSPS) is 15.6. The molecule has 1 aliphatic carbocycles. The van der Waals surface area contributed by atoms with E-state index in [1.54, 1.807) is 0 Å². The van der Waals surface area contributed by atoms with Crippen LogP contribution in [0.3, 0.4) is 0 Å². The highest BCUT2D eigenvalue weighted by molar-refractivity contribution is 5.53. The van der Waals surface area contributed by atoms with E-state index in [2.05, 4.69) is 0 Å². The Kier molecular flexibility index (Phi) is 2.27. The molecule has 14 heavy (non-hydrogen) atoms. The zero-order chi connectivity index (χ0) is 10.1. The number of hydrogen-bond acceptors (Lipinski definition) is 2. The Morgan fingerprint density at radius 3 is 2.71 bits per heavy atom. The lowest BCUT2D eigenvalue weighted by Crippen LogP contribution is -2.05. The molecule has 0 aliphatic heterocycles. The van der Waals surface area contributed by atoms with Crippen molar-refractivity contribution in [3.05, 3.63) is 23.8 Å². The van der Waals surface area contributed by atoms with Crippen LogP contribution >= 0.6 is 0 Å². The third-order valence-corrected chi connectivity index (χ3v) is 2.24. The maximum absolute atomic E-state index is 13.2. The molecule has 1 aliphatic rings. The van der Waals surface area contributed by atoms with Gasteiger partial charge in [-0.1, -0.05) is 0 Å². The lowest BCUT2D eigenvalue weighted by Gasteiger charge is -2.09. The smallest absolute Gasteiger partial charge is 0.202 e. The quantitative estimate of drug-likeness (QED) is 0.758. The van der Waals surface area contributed by atoms with Crippen molar-refractivity contribution in [1.82, 2.24) is 0 Å². The first-order valence-electron chi connectivity index (χ1n) is 4.54. The first-order valence-corrected chi connectivity index (χ1v) is 4.54. The maximum Gasteiger partial charge on any atom is 0.202 e. The van der Waals surface area contributed by atoms with Gasteiger partial charge < -0.3 is 10.5 Å². The summed E-state index contributed by atoms with van der Waals surface area (Å²) >= 11 is 0. The monoisotopic (exact) mass is 199 g/mol. The Balaban J connectivity index is 2.16. The molecule has 4 heteroatoms. The van der Waals surface area contributed by atoms with Gasteiger partial charge in [-0.05, 0) is 30.9 Å². The SMILES string of the molecule is Nc1ccc(F)c(F)c1OCC1CC1. The van der Waals surface area contributed by atoms with Gasteiger partial charge in [-0.2, -0.15) is 4.39 Å². The summed E-state index contributed by atoms with van der Waals surface area (Å²) in [6.45, 7) is 0.421. The first kappa shape index (κ1) is 9.24. The fraction of sp³-hybridized carbons (Fsp3) is 0.400. The third-order valence-electron chi connectivity index (χ3n) is 2.24. The largest absolute Gasteiger partial charge is 0.488 e. The fourth-order valence-corrected chi connectivity index (χ4v) is 1.18. The summed E-state index contributed by atoms with van der Waals surface area (Å²) < 4.78 is 31.1. The zero-order valence-corrected chi connectivity index (χ0v) is 7.59. The molecule has 1 aromatic carbocycles. The molecule has 0 amide bonds. The van der Waals surface area contributed by atoms with Gasteiger partial charge in [-0.25, -0.2) is 4.39 Å². The molecular formula is C10H11F2NO. The van der Waals surface area contributed by atoms with Gasteiger partial charge in [-0.15, -0.1) is 0 Å². The minimum absolute atomic E-state index is 0.143. The molecule has 0 atom stereocenters. The molecular weight excluding hydrogens is 188 g/mol. The molecule has 0 aromatic heterocycles. The van der Waals surface area contributed by atoms with Gasteiger partial charge in [0.2, 0.25) is 5.82 Å². The van der Waals surface area contributed by atoms with E-state index in [0.29, 0.717) is 12.5 Å². The van der Waals surface area contributed by atoms with E-state index in [9.17, 15) is 8.78 Å². The minimum atomic E-state index is -0.995. The Bertz CT molecular complexity index is 350. The van der Waals surface area contributed by atoms with Gasteiger partial charge in [0.25, 0.3) is 0 Å². The van der Waals surface area contributed by atoms with Crippen LogP contribution < -0.4 is 10.5 Å². The topological polar surface area (TPSA) is 35.2 Å². The highest BCUT2D eigenvalue weighted by atomic mass is 19.2. The second-order valence-corrected chi connectivity index (χ2v) is 3.53. The molecule has 2 rings (SSSR count). The molecule has 1 saturated carbocycles. The molecule has 0 radical (unpaired) electrons. The van der Waals surface area contributed by atoms with Crippen LogP contribution in [-0.4, -0.2) is 6.61 Å². The Labute approximate surface area is 80.7 Å². The number of rotatable bonds is 3. The summed E-state index contributed by atoms with van der Waals surface area (Å²) in [5.41, 5.74) is 5.61. The Morgan fingerprint density at radius 2 is 2.07 bits per heavy atom. The van der Waals surface area contributed by atoms with E-state index in [1.165, 1.54) is 6.07 Å². The molecule has 1 fully saturated rings. The molecule has 0 saturated heterocycles. The van der Waals surface area contributed by atoms with Crippen LogP contribution in [0, 0.1) is 17.6 Å². The number of hydrogen-bond donors (Lipinski definition) is 1. The number of nitrogens with two attached hydrogens (primary N) is 1. The summed E-state index contributed by atoms with van der Waals surface area (Å²) in [5.74, 6) is -1.59. The summed E-state index contributed by atoms with van der Waals surface area (Å²) in [6.07, 6.45) is 2.19. The standard InChI is InChI=1S/C10H11F2NO/c11-7-3-4-8(13)10(9(7)12)14-5-6-1-2-6/h3-4,6H,1-2,5,13H2. The van der Waals surface area contributed by atoms with E-state index < -0.39 is 11.6 Å². The first-order chi connectivity index (χ1) is 6.68. The molecule has 76 valence electrons. The van der Waals surface area contributed by atoms with E-state index in [4.69, 9.17) is 10.5 Å².